The van der Waals surface area contributed by atoms with Crippen molar-refractivity contribution >= 4 is 15.8 Å². The highest BCUT2D eigenvalue weighted by Crippen LogP contribution is 2.14. The van der Waals surface area contributed by atoms with Crippen molar-refractivity contribution in [1.29, 1.82) is 0 Å². The van der Waals surface area contributed by atoms with E-state index in [1.54, 1.807) is 6.92 Å². The van der Waals surface area contributed by atoms with Gasteiger partial charge in [-0.15, -0.1) is 0 Å². The fourth-order valence-electron chi connectivity index (χ4n) is 1.05. The second-order valence-electron chi connectivity index (χ2n) is 2.86. The molecule has 0 fully saturated rings. The van der Waals surface area contributed by atoms with Crippen molar-refractivity contribution < 1.29 is 17.9 Å². The Balaban J connectivity index is 3.25. The van der Waals surface area contributed by atoms with Gasteiger partial charge in [-0.3, -0.25) is 4.98 Å². The van der Waals surface area contributed by atoms with E-state index in [9.17, 15) is 13.2 Å². The smallest absolute Gasteiger partial charge is 0.339 e. The maximum Gasteiger partial charge on any atom is 0.339 e. The molecule has 1 aromatic heterocycles. The molecule has 82 valence electrons. The molecule has 15 heavy (non-hydrogen) atoms. The monoisotopic (exact) mass is 229 g/mol. The Hall–Kier alpha value is -1.43. The minimum Gasteiger partial charge on any atom is -0.462 e. The Bertz CT molecular complexity index is 467. The van der Waals surface area contributed by atoms with Crippen molar-refractivity contribution in [3.8, 4) is 0 Å². The van der Waals surface area contributed by atoms with Gasteiger partial charge >= 0.3 is 5.97 Å². The lowest BCUT2D eigenvalue weighted by molar-refractivity contribution is 0.0521. The fourth-order valence-corrected chi connectivity index (χ4v) is 1.86. The molecule has 0 saturated heterocycles. The molecule has 1 aromatic rings. The summed E-state index contributed by atoms with van der Waals surface area (Å²) in [4.78, 5) is 15.0. The topological polar surface area (TPSA) is 73.3 Å². The first-order valence-corrected chi connectivity index (χ1v) is 6.17. The number of nitrogens with zero attached hydrogens (tertiary/aromatic N) is 1. The van der Waals surface area contributed by atoms with Gasteiger partial charge in [0.2, 0.25) is 0 Å². The van der Waals surface area contributed by atoms with Gasteiger partial charge in [0.25, 0.3) is 0 Å². The van der Waals surface area contributed by atoms with E-state index in [1.165, 1.54) is 12.3 Å². The van der Waals surface area contributed by atoms with E-state index in [4.69, 9.17) is 4.74 Å². The zero-order valence-electron chi connectivity index (χ0n) is 8.43. The van der Waals surface area contributed by atoms with Gasteiger partial charge in [0, 0.05) is 18.6 Å². The predicted octanol–water partition coefficient (Wildman–Crippen LogP) is 0.662. The highest BCUT2D eigenvalue weighted by atomic mass is 32.2. The van der Waals surface area contributed by atoms with Crippen LogP contribution in [0.5, 0.6) is 0 Å². The average Bonchev–Trinajstić information content (AvgIpc) is 2.17. The Morgan fingerprint density at radius 1 is 1.53 bits per heavy atom. The summed E-state index contributed by atoms with van der Waals surface area (Å²) in [5.41, 5.74) is 0.0225. The number of aromatic nitrogens is 1. The van der Waals surface area contributed by atoms with Gasteiger partial charge in [0.15, 0.2) is 9.84 Å². The number of rotatable bonds is 3. The summed E-state index contributed by atoms with van der Waals surface area (Å²) in [5, 5.41) is 0. The van der Waals surface area contributed by atoms with Gasteiger partial charge in [0.05, 0.1) is 17.1 Å². The number of carbonyl (C=O) groups is 1. The van der Waals surface area contributed by atoms with Gasteiger partial charge in [-0.05, 0) is 13.0 Å². The minimum atomic E-state index is -3.46. The first-order valence-electron chi connectivity index (χ1n) is 4.28. The lowest BCUT2D eigenvalue weighted by Gasteiger charge is -2.05. The fraction of sp³-hybridized carbons (Fsp3) is 0.333. The van der Waals surface area contributed by atoms with E-state index in [0.29, 0.717) is 0 Å². The number of pyridine rings is 1. The van der Waals surface area contributed by atoms with Crippen LogP contribution in [0.2, 0.25) is 0 Å². The lowest BCUT2D eigenvalue weighted by atomic mass is 10.3. The molecule has 0 aliphatic heterocycles. The van der Waals surface area contributed by atoms with E-state index in [2.05, 4.69) is 4.98 Å². The standard InChI is InChI=1S/C9H11NO4S/c1-3-14-9(11)7-4-5-10-6-8(7)15(2,12)13/h4-6H,3H2,1-2H3. The lowest BCUT2D eigenvalue weighted by Crippen LogP contribution is -2.11. The van der Waals surface area contributed by atoms with Crippen LogP contribution in [0, 0.1) is 0 Å². The van der Waals surface area contributed by atoms with Gasteiger partial charge in [0.1, 0.15) is 0 Å². The first kappa shape index (κ1) is 11.6. The Morgan fingerprint density at radius 2 is 2.20 bits per heavy atom. The van der Waals surface area contributed by atoms with Crippen LogP contribution in [0.3, 0.4) is 0 Å². The number of hydrogen-bond donors (Lipinski definition) is 0. The van der Waals surface area contributed by atoms with Crippen LogP contribution in [-0.2, 0) is 14.6 Å². The summed E-state index contributed by atoms with van der Waals surface area (Å²) < 4.78 is 27.4. The molecule has 0 amide bonds. The second-order valence-corrected chi connectivity index (χ2v) is 4.85. The van der Waals surface area contributed by atoms with Crippen LogP contribution < -0.4 is 0 Å². The van der Waals surface area contributed by atoms with Crippen LogP contribution >= 0.6 is 0 Å². The second kappa shape index (κ2) is 4.39. The number of carbonyl (C=O) groups excluding carboxylic acids is 1. The van der Waals surface area contributed by atoms with Crippen molar-refractivity contribution in [2.24, 2.45) is 0 Å². The highest BCUT2D eigenvalue weighted by Gasteiger charge is 2.19. The van der Waals surface area contributed by atoms with E-state index >= 15 is 0 Å². The van der Waals surface area contributed by atoms with Gasteiger partial charge < -0.3 is 4.74 Å². The van der Waals surface area contributed by atoms with E-state index < -0.39 is 15.8 Å². The first-order chi connectivity index (χ1) is 6.96. The Morgan fingerprint density at radius 3 is 2.73 bits per heavy atom. The van der Waals surface area contributed by atoms with Gasteiger partial charge in [-0.2, -0.15) is 0 Å². The predicted molar refractivity (Wildman–Crippen MR) is 53.3 cm³/mol. The molecular weight excluding hydrogens is 218 g/mol. The molecule has 1 heterocycles. The summed E-state index contributed by atoms with van der Waals surface area (Å²) in [6.45, 7) is 1.85. The molecule has 0 N–H and O–H groups in total. The minimum absolute atomic E-state index is 0.0225. The SMILES string of the molecule is CCOC(=O)c1ccncc1S(C)(=O)=O. The van der Waals surface area contributed by atoms with Crippen molar-refractivity contribution in [2.75, 3.05) is 12.9 Å². The molecule has 1 rings (SSSR count). The van der Waals surface area contributed by atoms with Crippen molar-refractivity contribution in [3.63, 3.8) is 0 Å². The Labute approximate surface area is 88.0 Å². The third kappa shape index (κ3) is 2.76. The summed E-state index contributed by atoms with van der Waals surface area (Å²) in [5.74, 6) is -0.652. The van der Waals surface area contributed by atoms with E-state index in [1.807, 2.05) is 0 Å². The van der Waals surface area contributed by atoms with Crippen molar-refractivity contribution in [3.05, 3.63) is 24.0 Å². The third-order valence-corrected chi connectivity index (χ3v) is 2.80. The summed E-state index contributed by atoms with van der Waals surface area (Å²) in [6.07, 6.45) is 3.51. The molecular formula is C9H11NO4S. The van der Waals surface area contributed by atoms with Crippen molar-refractivity contribution in [2.45, 2.75) is 11.8 Å². The number of sulfone groups is 1. The quantitative estimate of drug-likeness (QED) is 0.712. The Kier molecular flexibility index (Phi) is 3.41. The zero-order valence-corrected chi connectivity index (χ0v) is 9.24. The molecule has 5 nitrogen and oxygen atoms in total. The average molecular weight is 229 g/mol. The maximum atomic E-state index is 11.4. The molecule has 0 aliphatic rings. The summed E-state index contributed by atoms with van der Waals surface area (Å²) in [7, 11) is -3.46. The van der Waals surface area contributed by atoms with Crippen LogP contribution in [0.15, 0.2) is 23.4 Å². The van der Waals surface area contributed by atoms with E-state index in [0.717, 1.165) is 12.5 Å². The largest absolute Gasteiger partial charge is 0.462 e. The number of ether oxygens (including phenoxy) is 1. The van der Waals surface area contributed by atoms with Crippen LogP contribution in [0.1, 0.15) is 17.3 Å². The summed E-state index contributed by atoms with van der Waals surface area (Å²) in [6, 6.07) is 1.33. The molecule has 0 atom stereocenters. The number of hydrogen-bond acceptors (Lipinski definition) is 5. The number of esters is 1. The zero-order chi connectivity index (χ0) is 11.5. The molecule has 0 bridgehead atoms. The highest BCUT2D eigenvalue weighted by molar-refractivity contribution is 7.90. The molecule has 0 radical (unpaired) electrons. The third-order valence-electron chi connectivity index (χ3n) is 1.68. The molecule has 0 spiro atoms. The maximum absolute atomic E-state index is 11.4. The van der Waals surface area contributed by atoms with Gasteiger partial charge in [-0.25, -0.2) is 13.2 Å². The van der Waals surface area contributed by atoms with Crippen LogP contribution in [0.25, 0.3) is 0 Å². The summed E-state index contributed by atoms with van der Waals surface area (Å²) >= 11 is 0. The molecule has 6 heteroatoms. The molecule has 0 unspecified atom stereocenters. The molecule has 0 aliphatic carbocycles. The normalized spacial score (nSPS) is 11.1. The molecule has 0 saturated carbocycles. The molecule has 0 aromatic carbocycles. The van der Waals surface area contributed by atoms with Crippen LogP contribution in [-0.4, -0.2) is 32.2 Å². The van der Waals surface area contributed by atoms with Gasteiger partial charge in [-0.1, -0.05) is 0 Å². The van der Waals surface area contributed by atoms with Crippen LogP contribution in [0.4, 0.5) is 0 Å². The van der Waals surface area contributed by atoms with Crippen molar-refractivity contribution in [1.82, 2.24) is 4.98 Å². The van der Waals surface area contributed by atoms with E-state index in [-0.39, 0.29) is 17.1 Å².